The zero-order valence-corrected chi connectivity index (χ0v) is 11.8. The first-order valence-electron chi connectivity index (χ1n) is 6.82. The predicted molar refractivity (Wildman–Crippen MR) is 77.9 cm³/mol. The first-order valence-corrected chi connectivity index (χ1v) is 6.82. The Morgan fingerprint density at radius 2 is 2.10 bits per heavy atom. The minimum absolute atomic E-state index is 0.281. The van der Waals surface area contributed by atoms with Crippen molar-refractivity contribution >= 4 is 5.82 Å². The normalized spacial score (nSPS) is 14.9. The van der Waals surface area contributed by atoms with Gasteiger partial charge in [-0.15, -0.1) is 0 Å². The molecule has 1 aromatic carbocycles. The number of benzene rings is 1. The largest absolute Gasteiger partial charge is 0.493 e. The number of nitrogens with zero attached hydrogens (tertiary/aromatic N) is 2. The molecule has 0 bridgehead atoms. The molecule has 0 spiro atoms. The van der Waals surface area contributed by atoms with Crippen LogP contribution in [0.1, 0.15) is 19.3 Å². The molecular formula is C15H19N3O2. The van der Waals surface area contributed by atoms with Crippen LogP contribution >= 0.6 is 0 Å². The Balaban J connectivity index is 2.06. The van der Waals surface area contributed by atoms with Gasteiger partial charge in [0.2, 0.25) is 0 Å². The van der Waals surface area contributed by atoms with E-state index in [9.17, 15) is 0 Å². The summed E-state index contributed by atoms with van der Waals surface area (Å²) in [5, 5.41) is 4.20. The van der Waals surface area contributed by atoms with E-state index in [0.29, 0.717) is 5.82 Å². The number of hydrogen-bond acceptors (Lipinski definition) is 4. The van der Waals surface area contributed by atoms with Crippen LogP contribution in [0.3, 0.4) is 0 Å². The average molecular weight is 273 g/mol. The minimum Gasteiger partial charge on any atom is -0.493 e. The van der Waals surface area contributed by atoms with Crippen LogP contribution in [0.5, 0.6) is 11.5 Å². The maximum absolute atomic E-state index is 6.10. The lowest BCUT2D eigenvalue weighted by Gasteiger charge is -2.28. The highest BCUT2D eigenvalue weighted by molar-refractivity contribution is 5.80. The molecule has 1 aliphatic carbocycles. The zero-order valence-electron chi connectivity index (χ0n) is 11.8. The Kier molecular flexibility index (Phi) is 3.26. The van der Waals surface area contributed by atoms with Gasteiger partial charge in [0.1, 0.15) is 5.82 Å². The third-order valence-electron chi connectivity index (χ3n) is 3.81. The van der Waals surface area contributed by atoms with Gasteiger partial charge in [-0.05, 0) is 25.3 Å². The van der Waals surface area contributed by atoms with Gasteiger partial charge < -0.3 is 15.2 Å². The van der Waals surface area contributed by atoms with E-state index in [0.717, 1.165) is 35.5 Å². The number of anilines is 1. The summed E-state index contributed by atoms with van der Waals surface area (Å²) in [5.41, 5.74) is 7.88. The second kappa shape index (κ2) is 5.07. The number of aromatic nitrogens is 2. The van der Waals surface area contributed by atoms with Gasteiger partial charge in [-0.2, -0.15) is 5.10 Å². The highest BCUT2D eigenvalue weighted by Crippen LogP contribution is 2.42. The van der Waals surface area contributed by atoms with Crippen LogP contribution in [-0.4, -0.2) is 23.0 Å². The number of hydrogen-bond donors (Lipinski definition) is 1. The van der Waals surface area contributed by atoms with Gasteiger partial charge in [0, 0.05) is 18.2 Å². The van der Waals surface area contributed by atoms with Crippen LogP contribution in [0.25, 0.3) is 11.1 Å². The first-order chi connectivity index (χ1) is 9.70. The van der Waals surface area contributed by atoms with E-state index < -0.39 is 0 Å². The van der Waals surface area contributed by atoms with Crippen molar-refractivity contribution in [2.24, 2.45) is 7.05 Å². The fourth-order valence-electron chi connectivity index (χ4n) is 2.32. The van der Waals surface area contributed by atoms with Gasteiger partial charge in [-0.3, -0.25) is 4.68 Å². The second-order valence-corrected chi connectivity index (χ2v) is 5.07. The van der Waals surface area contributed by atoms with Gasteiger partial charge >= 0.3 is 0 Å². The van der Waals surface area contributed by atoms with Gasteiger partial charge in [-0.25, -0.2) is 0 Å². The molecule has 1 heterocycles. The van der Waals surface area contributed by atoms with Crippen molar-refractivity contribution < 1.29 is 9.47 Å². The summed E-state index contributed by atoms with van der Waals surface area (Å²) in [4.78, 5) is 0. The third-order valence-corrected chi connectivity index (χ3v) is 3.81. The maximum atomic E-state index is 6.10. The molecule has 0 atom stereocenters. The van der Waals surface area contributed by atoms with Gasteiger partial charge in [-0.1, -0.05) is 12.1 Å². The minimum atomic E-state index is 0.281. The SMILES string of the molecule is COc1cccc(-c2cnn(C)c2N)c1OC1CCC1. The molecule has 5 heteroatoms. The van der Waals surface area contributed by atoms with Crippen molar-refractivity contribution in [3.8, 4) is 22.6 Å². The van der Waals surface area contributed by atoms with Gasteiger partial charge in [0.05, 0.1) is 19.4 Å². The summed E-state index contributed by atoms with van der Waals surface area (Å²) in [6, 6.07) is 5.84. The molecule has 2 aromatic rings. The molecule has 2 N–H and O–H groups in total. The lowest BCUT2D eigenvalue weighted by Crippen LogP contribution is -2.25. The monoisotopic (exact) mass is 273 g/mol. The number of para-hydroxylation sites is 1. The molecule has 1 aliphatic rings. The number of aryl methyl sites for hydroxylation is 1. The molecule has 106 valence electrons. The maximum Gasteiger partial charge on any atom is 0.169 e. The molecule has 1 saturated carbocycles. The Bertz CT molecular complexity index is 618. The molecule has 0 amide bonds. The summed E-state index contributed by atoms with van der Waals surface area (Å²) in [6.07, 6.45) is 5.46. The summed E-state index contributed by atoms with van der Waals surface area (Å²) in [5.74, 6) is 2.12. The molecule has 0 saturated heterocycles. The van der Waals surface area contributed by atoms with Crippen LogP contribution in [-0.2, 0) is 7.05 Å². The lowest BCUT2D eigenvalue weighted by molar-refractivity contribution is 0.117. The predicted octanol–water partition coefficient (Wildman–Crippen LogP) is 2.61. The zero-order chi connectivity index (χ0) is 14.1. The van der Waals surface area contributed by atoms with Crippen molar-refractivity contribution in [1.82, 2.24) is 9.78 Å². The molecule has 0 aliphatic heterocycles. The molecular weight excluding hydrogens is 254 g/mol. The molecule has 1 fully saturated rings. The number of ether oxygens (including phenoxy) is 2. The molecule has 20 heavy (non-hydrogen) atoms. The molecule has 5 nitrogen and oxygen atoms in total. The molecule has 3 rings (SSSR count). The van der Waals surface area contributed by atoms with Crippen LogP contribution in [0, 0.1) is 0 Å². The van der Waals surface area contributed by atoms with Crippen molar-refractivity contribution in [3.63, 3.8) is 0 Å². The van der Waals surface area contributed by atoms with Crippen molar-refractivity contribution in [2.45, 2.75) is 25.4 Å². The van der Waals surface area contributed by atoms with Crippen LogP contribution < -0.4 is 15.2 Å². The number of nitrogens with two attached hydrogens (primary N) is 1. The Morgan fingerprint density at radius 3 is 2.65 bits per heavy atom. The van der Waals surface area contributed by atoms with E-state index >= 15 is 0 Å². The van der Waals surface area contributed by atoms with E-state index in [2.05, 4.69) is 5.10 Å². The first kappa shape index (κ1) is 12.8. The van der Waals surface area contributed by atoms with Crippen molar-refractivity contribution in [2.75, 3.05) is 12.8 Å². The number of nitrogen functional groups attached to an aromatic ring is 1. The fraction of sp³-hybridized carbons (Fsp3) is 0.400. The Hall–Kier alpha value is -2.17. The van der Waals surface area contributed by atoms with Gasteiger partial charge in [0.15, 0.2) is 11.5 Å². The molecule has 0 radical (unpaired) electrons. The number of rotatable bonds is 4. The van der Waals surface area contributed by atoms with E-state index in [4.69, 9.17) is 15.2 Å². The van der Waals surface area contributed by atoms with Crippen molar-refractivity contribution in [1.29, 1.82) is 0 Å². The highest BCUT2D eigenvalue weighted by atomic mass is 16.5. The standard InChI is InChI=1S/C15H19N3O2/c1-18-15(16)12(9-17-18)11-7-4-8-13(19-2)14(11)20-10-5-3-6-10/h4,7-10H,3,5-6,16H2,1-2H3. The average Bonchev–Trinajstić information content (AvgIpc) is 2.74. The Labute approximate surface area is 118 Å². The summed E-state index contributed by atoms with van der Waals surface area (Å²) >= 11 is 0. The fourth-order valence-corrected chi connectivity index (χ4v) is 2.32. The Morgan fingerprint density at radius 1 is 1.30 bits per heavy atom. The molecule has 0 unspecified atom stereocenters. The van der Waals surface area contributed by atoms with Crippen LogP contribution in [0.2, 0.25) is 0 Å². The van der Waals surface area contributed by atoms with Crippen LogP contribution in [0.15, 0.2) is 24.4 Å². The van der Waals surface area contributed by atoms with E-state index in [-0.39, 0.29) is 6.10 Å². The summed E-state index contributed by atoms with van der Waals surface area (Å²) < 4.78 is 13.2. The van der Waals surface area contributed by atoms with E-state index in [1.807, 2.05) is 25.2 Å². The van der Waals surface area contributed by atoms with Crippen molar-refractivity contribution in [3.05, 3.63) is 24.4 Å². The third kappa shape index (κ3) is 2.09. The van der Waals surface area contributed by atoms with Gasteiger partial charge in [0.25, 0.3) is 0 Å². The second-order valence-electron chi connectivity index (χ2n) is 5.07. The molecule has 1 aromatic heterocycles. The highest BCUT2D eigenvalue weighted by Gasteiger charge is 2.24. The summed E-state index contributed by atoms with van der Waals surface area (Å²) in [7, 11) is 3.48. The van der Waals surface area contributed by atoms with E-state index in [1.54, 1.807) is 18.0 Å². The smallest absolute Gasteiger partial charge is 0.169 e. The van der Waals surface area contributed by atoms with E-state index in [1.165, 1.54) is 6.42 Å². The quantitative estimate of drug-likeness (QED) is 0.930. The summed E-state index contributed by atoms with van der Waals surface area (Å²) in [6.45, 7) is 0. The van der Waals surface area contributed by atoms with Crippen LogP contribution in [0.4, 0.5) is 5.82 Å². The topological polar surface area (TPSA) is 62.3 Å². The lowest BCUT2D eigenvalue weighted by atomic mass is 9.96. The number of methoxy groups -OCH3 is 1.